The Balaban J connectivity index is 0.000000440. The van der Waals surface area contributed by atoms with Gasteiger partial charge in [0.05, 0.1) is 6.61 Å². The third kappa shape index (κ3) is 24.0. The zero-order valence-electron chi connectivity index (χ0n) is 66.3. The molecule has 0 heterocycles. The van der Waals surface area contributed by atoms with Crippen LogP contribution in [0.15, 0.2) is 48.5 Å². The molecule has 0 fully saturated rings. The molecule has 5 rings (SSSR count). The summed E-state index contributed by atoms with van der Waals surface area (Å²) in [5.41, 5.74) is 18.7. The SMILES string of the molecule is CCCCCCCCCCCCCCCCCCOC(=O)CCc1cc(C(C)(C)C)c(O)c(C(C)(C)C)c1.Cc1c(Cc2cc(C(C)(C)C)c(O)c(C(C)(C)C)c2)c(C)c(Cc2cc(C(C)(C)C)c(O)c(C(C)(C)C)c2)c(C)c1Cc1cc(C(C)(C)C)c(O)c(C(C)(C)C)c1. The fraction of sp³-hybridized carbons (Fsp3) is 0.652. The van der Waals surface area contributed by atoms with Crippen LogP contribution in [0.25, 0.3) is 0 Å². The molecule has 6 nitrogen and oxygen atoms in total. The summed E-state index contributed by atoms with van der Waals surface area (Å²) in [7, 11) is 0. The molecule has 0 atom stereocenters. The van der Waals surface area contributed by atoms with Gasteiger partial charge >= 0.3 is 5.97 Å². The quantitative estimate of drug-likeness (QED) is 0.0325. The van der Waals surface area contributed by atoms with Gasteiger partial charge in [-0.3, -0.25) is 4.79 Å². The van der Waals surface area contributed by atoms with E-state index in [4.69, 9.17) is 4.74 Å². The summed E-state index contributed by atoms with van der Waals surface area (Å²) < 4.78 is 5.51. The summed E-state index contributed by atoms with van der Waals surface area (Å²) in [6.07, 6.45) is 24.8. The number of unbranched alkanes of at least 4 members (excludes halogenated alkanes) is 15. The van der Waals surface area contributed by atoms with Crippen LogP contribution in [0.2, 0.25) is 0 Å². The molecule has 0 bridgehead atoms. The molecule has 532 valence electrons. The second-order valence-corrected chi connectivity index (χ2v) is 37.0. The summed E-state index contributed by atoms with van der Waals surface area (Å²) in [4.78, 5) is 12.3. The van der Waals surface area contributed by atoms with Crippen molar-refractivity contribution in [3.63, 3.8) is 0 Å². The van der Waals surface area contributed by atoms with Crippen molar-refractivity contribution in [2.75, 3.05) is 6.61 Å². The highest BCUT2D eigenvalue weighted by Gasteiger charge is 2.32. The second-order valence-electron chi connectivity index (χ2n) is 37.0. The van der Waals surface area contributed by atoms with E-state index in [0.717, 1.165) is 82.2 Å². The number of phenols is 4. The van der Waals surface area contributed by atoms with E-state index < -0.39 is 0 Å². The highest BCUT2D eigenvalue weighted by molar-refractivity contribution is 5.70. The molecule has 0 unspecified atom stereocenters. The molecular formula is C89H140O6. The topological polar surface area (TPSA) is 107 Å². The fourth-order valence-corrected chi connectivity index (χ4v) is 13.8. The number of benzene rings is 5. The Labute approximate surface area is 583 Å². The van der Waals surface area contributed by atoms with Crippen LogP contribution in [-0.2, 0) is 78.5 Å². The van der Waals surface area contributed by atoms with Crippen LogP contribution >= 0.6 is 0 Å². The van der Waals surface area contributed by atoms with Gasteiger partial charge in [0.25, 0.3) is 0 Å². The van der Waals surface area contributed by atoms with Crippen LogP contribution in [0, 0.1) is 20.8 Å². The number of aryl methyl sites for hydroxylation is 1. The summed E-state index contributed by atoms with van der Waals surface area (Å²) in [6.45, 7) is 61.7. The Morgan fingerprint density at radius 2 is 0.495 bits per heavy atom. The molecule has 5 aromatic rings. The second kappa shape index (κ2) is 33.5. The minimum atomic E-state index is -0.226. The summed E-state index contributed by atoms with van der Waals surface area (Å²) >= 11 is 0. The van der Waals surface area contributed by atoms with Crippen LogP contribution in [-0.4, -0.2) is 33.0 Å². The molecule has 0 saturated heterocycles. The minimum absolute atomic E-state index is 0.117. The zero-order valence-corrected chi connectivity index (χ0v) is 66.3. The first-order chi connectivity index (χ1) is 43.5. The molecule has 0 radical (unpaired) electrons. The van der Waals surface area contributed by atoms with Gasteiger partial charge in [0, 0.05) is 6.42 Å². The van der Waals surface area contributed by atoms with Crippen LogP contribution in [0.5, 0.6) is 23.0 Å². The monoisotopic (exact) mass is 1310 g/mol. The molecule has 0 aromatic heterocycles. The van der Waals surface area contributed by atoms with Crippen molar-refractivity contribution >= 4 is 5.97 Å². The van der Waals surface area contributed by atoms with Crippen LogP contribution in [0.1, 0.15) is 382 Å². The van der Waals surface area contributed by atoms with E-state index >= 15 is 0 Å². The van der Waals surface area contributed by atoms with Gasteiger partial charge in [0.1, 0.15) is 23.0 Å². The van der Waals surface area contributed by atoms with Gasteiger partial charge in [0.2, 0.25) is 0 Å². The van der Waals surface area contributed by atoms with E-state index in [1.807, 2.05) is 0 Å². The molecular weight excluding hydrogens is 1160 g/mol. The molecule has 0 aliphatic heterocycles. The molecule has 95 heavy (non-hydrogen) atoms. The van der Waals surface area contributed by atoms with E-state index in [2.05, 4.69) is 242 Å². The van der Waals surface area contributed by atoms with Gasteiger partial charge in [-0.15, -0.1) is 0 Å². The first-order valence-electron chi connectivity index (χ1n) is 37.2. The number of esters is 1. The van der Waals surface area contributed by atoms with Gasteiger partial charge < -0.3 is 25.2 Å². The van der Waals surface area contributed by atoms with Gasteiger partial charge in [-0.2, -0.15) is 0 Å². The third-order valence-electron chi connectivity index (χ3n) is 19.9. The molecule has 0 amide bonds. The predicted octanol–water partition coefficient (Wildman–Crippen LogP) is 25.0. The number of rotatable bonds is 26. The van der Waals surface area contributed by atoms with Crippen molar-refractivity contribution in [2.45, 2.75) is 372 Å². The standard InChI is InChI=1S/C54H78O3.C35H62O3/c1-31-37(22-34-25-40(49(4,5)6)46(55)41(26-34)50(7,8)9)32(2)39(24-36-29-44(53(16,17)18)48(57)45(30-36)54(19,20)21)33(3)38(31)23-35-27-42(51(10,11)12)47(56)43(28-35)52(13,14)15;1-8-9-10-11-12-13-14-15-16-17-18-19-20-21-22-23-26-38-32(36)25-24-29-27-30(34(2,3)4)33(37)31(28-29)35(5,6)7/h25-30,55-57H,22-24H2,1-21H3;27-28,37H,8-26H2,1-7H3. The Morgan fingerprint density at radius 1 is 0.305 bits per heavy atom. The Morgan fingerprint density at radius 3 is 0.695 bits per heavy atom. The van der Waals surface area contributed by atoms with Gasteiger partial charge in [0.15, 0.2) is 0 Å². The van der Waals surface area contributed by atoms with Gasteiger partial charge in [-0.1, -0.05) is 318 Å². The Hall–Kier alpha value is -5.23. The highest BCUT2D eigenvalue weighted by Crippen LogP contribution is 2.46. The van der Waals surface area contributed by atoms with Crippen LogP contribution in [0.3, 0.4) is 0 Å². The van der Waals surface area contributed by atoms with Crippen molar-refractivity contribution in [1.29, 1.82) is 0 Å². The van der Waals surface area contributed by atoms with E-state index in [1.54, 1.807) is 0 Å². The Kier molecular flexibility index (Phi) is 29.0. The lowest BCUT2D eigenvalue weighted by molar-refractivity contribution is -0.143. The lowest BCUT2D eigenvalue weighted by atomic mass is 9.75. The van der Waals surface area contributed by atoms with Crippen molar-refractivity contribution in [2.24, 2.45) is 0 Å². The number of phenolic OH excluding ortho intramolecular Hbond substituents is 4. The average Bonchev–Trinajstić information content (AvgIpc) is 0.773. The maximum Gasteiger partial charge on any atom is 0.306 e. The van der Waals surface area contributed by atoms with E-state index in [9.17, 15) is 25.2 Å². The van der Waals surface area contributed by atoms with E-state index in [-0.39, 0.29) is 49.3 Å². The van der Waals surface area contributed by atoms with Gasteiger partial charge in [-0.05, 0) is 196 Å². The summed E-state index contributed by atoms with van der Waals surface area (Å²) in [5.74, 6) is 1.50. The maximum absolute atomic E-state index is 12.3. The molecule has 4 N–H and O–H groups in total. The first kappa shape index (κ1) is 82.2. The van der Waals surface area contributed by atoms with Crippen molar-refractivity contribution in [1.82, 2.24) is 0 Å². The van der Waals surface area contributed by atoms with E-state index in [1.165, 1.54) is 140 Å². The molecule has 5 aromatic carbocycles. The molecule has 6 heteroatoms. The summed E-state index contributed by atoms with van der Waals surface area (Å²) in [6, 6.07) is 17.5. The van der Waals surface area contributed by atoms with E-state index in [0.29, 0.717) is 42.4 Å². The third-order valence-corrected chi connectivity index (χ3v) is 19.9. The lowest BCUT2D eigenvalue weighted by Gasteiger charge is -2.30. The van der Waals surface area contributed by atoms with Crippen LogP contribution < -0.4 is 0 Å². The zero-order chi connectivity index (χ0) is 72.2. The minimum Gasteiger partial charge on any atom is -0.507 e. The smallest absolute Gasteiger partial charge is 0.306 e. The number of ether oxygens (including phenoxy) is 1. The number of hydrogen-bond acceptors (Lipinski definition) is 6. The van der Waals surface area contributed by atoms with Crippen LogP contribution in [0.4, 0.5) is 0 Å². The fourth-order valence-electron chi connectivity index (χ4n) is 13.8. The number of carbonyl (C=O) groups excluding carboxylic acids is 1. The molecule has 0 aliphatic rings. The maximum atomic E-state index is 12.3. The van der Waals surface area contributed by atoms with Crippen molar-refractivity contribution in [3.05, 3.63) is 149 Å². The Bertz CT molecular complexity index is 2900. The summed E-state index contributed by atoms with van der Waals surface area (Å²) in [5, 5.41) is 45.8. The highest BCUT2D eigenvalue weighted by atomic mass is 16.5. The van der Waals surface area contributed by atoms with Crippen molar-refractivity contribution < 1.29 is 30.0 Å². The normalized spacial score (nSPS) is 12.9. The largest absolute Gasteiger partial charge is 0.507 e. The van der Waals surface area contributed by atoms with Gasteiger partial charge in [-0.25, -0.2) is 0 Å². The number of carbonyl (C=O) groups is 1. The molecule has 0 aliphatic carbocycles. The number of hydrogen-bond donors (Lipinski definition) is 4. The number of aromatic hydroxyl groups is 4. The molecule has 0 saturated carbocycles. The van der Waals surface area contributed by atoms with Crippen molar-refractivity contribution in [3.8, 4) is 23.0 Å². The lowest BCUT2D eigenvalue weighted by Crippen LogP contribution is -2.19. The predicted molar refractivity (Wildman–Crippen MR) is 410 cm³/mol. The average molecular weight is 1310 g/mol. The molecule has 0 spiro atoms. The first-order valence-corrected chi connectivity index (χ1v) is 37.2.